The highest BCUT2D eigenvalue weighted by atomic mass is 32.2. The zero-order chi connectivity index (χ0) is 19.6. The number of rotatable bonds is 6. The van der Waals surface area contributed by atoms with Crippen LogP contribution >= 0.6 is 0 Å². The summed E-state index contributed by atoms with van der Waals surface area (Å²) in [7, 11) is -2.39. The Bertz CT molecular complexity index is 958. The van der Waals surface area contributed by atoms with Gasteiger partial charge < -0.3 is 9.47 Å². The number of sulfonamides is 1. The number of cyclic esters (lactones) is 1. The van der Waals surface area contributed by atoms with Crippen LogP contribution in [0.15, 0.2) is 47.4 Å². The summed E-state index contributed by atoms with van der Waals surface area (Å²) in [5.41, 5.74) is 2.55. The Labute approximate surface area is 158 Å². The Morgan fingerprint density at radius 3 is 2.63 bits per heavy atom. The molecule has 1 aliphatic heterocycles. The largest absolute Gasteiger partial charge is 0.495 e. The number of ether oxygens (including phenoxy) is 2. The normalized spacial score (nSPS) is 17.1. The van der Waals surface area contributed by atoms with Crippen LogP contribution in [-0.4, -0.2) is 40.8 Å². The van der Waals surface area contributed by atoms with E-state index in [1.807, 2.05) is 31.2 Å². The second-order valence-corrected chi connectivity index (χ2v) is 8.20. The lowest BCUT2D eigenvalue weighted by atomic mass is 10.2. The predicted molar refractivity (Wildman–Crippen MR) is 102 cm³/mol. The van der Waals surface area contributed by atoms with Crippen molar-refractivity contribution in [2.24, 2.45) is 0 Å². The Hall–Kier alpha value is -2.58. The molecular weight excluding hydrogens is 368 g/mol. The molecule has 3 rings (SSSR count). The molecule has 1 aliphatic rings. The minimum absolute atomic E-state index is 0.0204. The smallest absolute Gasteiger partial charge is 0.414 e. The number of benzene rings is 2. The van der Waals surface area contributed by atoms with Crippen LogP contribution in [0.2, 0.25) is 0 Å². The highest BCUT2D eigenvalue weighted by molar-refractivity contribution is 7.89. The van der Waals surface area contributed by atoms with Gasteiger partial charge in [-0.15, -0.1) is 0 Å². The molecule has 0 aliphatic carbocycles. The molecule has 1 atom stereocenters. The van der Waals surface area contributed by atoms with Gasteiger partial charge in [0, 0.05) is 12.2 Å². The van der Waals surface area contributed by atoms with Gasteiger partial charge in [0.25, 0.3) is 0 Å². The van der Waals surface area contributed by atoms with Gasteiger partial charge in [0.05, 0.1) is 13.7 Å². The SMILES string of the molecule is COc1ccc(C)cc1S(=O)(=O)NCC1CN(c2cccc(C)c2)C(=O)O1. The van der Waals surface area contributed by atoms with Crippen molar-refractivity contribution in [3.05, 3.63) is 53.6 Å². The van der Waals surface area contributed by atoms with Crippen LogP contribution in [0, 0.1) is 13.8 Å². The van der Waals surface area contributed by atoms with Gasteiger partial charge in [-0.2, -0.15) is 0 Å². The number of carbonyl (C=O) groups is 1. The molecule has 1 amide bonds. The van der Waals surface area contributed by atoms with Gasteiger partial charge in [-0.3, -0.25) is 4.90 Å². The van der Waals surface area contributed by atoms with Gasteiger partial charge in [0.2, 0.25) is 10.0 Å². The van der Waals surface area contributed by atoms with E-state index in [9.17, 15) is 13.2 Å². The highest BCUT2D eigenvalue weighted by Crippen LogP contribution is 2.25. The molecule has 1 fully saturated rings. The quantitative estimate of drug-likeness (QED) is 0.820. The number of amides is 1. The van der Waals surface area contributed by atoms with E-state index in [0.29, 0.717) is 0 Å². The Morgan fingerprint density at radius 1 is 1.19 bits per heavy atom. The van der Waals surface area contributed by atoms with Crippen LogP contribution in [0.3, 0.4) is 0 Å². The van der Waals surface area contributed by atoms with Crippen molar-refractivity contribution in [2.45, 2.75) is 24.8 Å². The Kier molecular flexibility index (Phi) is 5.38. The van der Waals surface area contributed by atoms with E-state index in [4.69, 9.17) is 9.47 Å². The third-order valence-electron chi connectivity index (χ3n) is 4.30. The van der Waals surface area contributed by atoms with Gasteiger partial charge in [-0.25, -0.2) is 17.9 Å². The van der Waals surface area contributed by atoms with Gasteiger partial charge in [0.1, 0.15) is 16.7 Å². The molecule has 144 valence electrons. The standard InChI is InChI=1S/C19H22N2O5S/c1-13-5-4-6-15(9-13)21-12-16(26-19(21)22)11-20-27(23,24)18-10-14(2)7-8-17(18)25-3/h4-10,16,20H,11-12H2,1-3H3. The number of hydrogen-bond acceptors (Lipinski definition) is 5. The maximum absolute atomic E-state index is 12.7. The molecule has 0 bridgehead atoms. The number of anilines is 1. The van der Waals surface area contributed by atoms with Crippen LogP contribution in [0.4, 0.5) is 10.5 Å². The summed E-state index contributed by atoms with van der Waals surface area (Å²) in [5, 5.41) is 0. The Balaban J connectivity index is 1.70. The van der Waals surface area contributed by atoms with E-state index < -0.39 is 22.2 Å². The number of hydrogen-bond donors (Lipinski definition) is 1. The van der Waals surface area contributed by atoms with Crippen molar-refractivity contribution in [1.29, 1.82) is 0 Å². The lowest BCUT2D eigenvalue weighted by Crippen LogP contribution is -2.34. The molecule has 27 heavy (non-hydrogen) atoms. The van der Waals surface area contributed by atoms with E-state index >= 15 is 0 Å². The number of carbonyl (C=O) groups excluding carboxylic acids is 1. The number of methoxy groups -OCH3 is 1. The average Bonchev–Trinajstić information content (AvgIpc) is 3.01. The molecule has 0 aromatic heterocycles. The zero-order valence-electron chi connectivity index (χ0n) is 15.4. The minimum Gasteiger partial charge on any atom is -0.495 e. The third-order valence-corrected chi connectivity index (χ3v) is 5.74. The molecule has 8 heteroatoms. The number of aryl methyl sites for hydroxylation is 2. The fourth-order valence-electron chi connectivity index (χ4n) is 2.91. The number of nitrogens with one attached hydrogen (secondary N) is 1. The molecule has 2 aromatic carbocycles. The van der Waals surface area contributed by atoms with E-state index in [-0.39, 0.29) is 23.7 Å². The maximum Gasteiger partial charge on any atom is 0.414 e. The third kappa shape index (κ3) is 4.23. The van der Waals surface area contributed by atoms with E-state index in [0.717, 1.165) is 16.8 Å². The topological polar surface area (TPSA) is 84.9 Å². The van der Waals surface area contributed by atoms with E-state index in [1.54, 1.807) is 25.1 Å². The maximum atomic E-state index is 12.7. The Morgan fingerprint density at radius 2 is 1.93 bits per heavy atom. The van der Waals surface area contributed by atoms with Crippen molar-refractivity contribution in [1.82, 2.24) is 4.72 Å². The molecule has 0 radical (unpaired) electrons. The molecule has 0 saturated carbocycles. The van der Waals surface area contributed by atoms with Crippen LogP contribution < -0.4 is 14.4 Å². The molecule has 2 aromatic rings. The summed E-state index contributed by atoms with van der Waals surface area (Å²) in [6.07, 6.45) is -1.07. The first-order chi connectivity index (χ1) is 12.8. The lowest BCUT2D eigenvalue weighted by Gasteiger charge is -2.14. The number of nitrogens with zero attached hydrogens (tertiary/aromatic N) is 1. The first-order valence-electron chi connectivity index (χ1n) is 8.49. The second-order valence-electron chi connectivity index (χ2n) is 6.46. The van der Waals surface area contributed by atoms with Gasteiger partial charge in [-0.1, -0.05) is 18.2 Å². The summed E-state index contributed by atoms with van der Waals surface area (Å²) in [6, 6.07) is 12.4. The highest BCUT2D eigenvalue weighted by Gasteiger charge is 2.33. The van der Waals surface area contributed by atoms with Crippen LogP contribution in [0.25, 0.3) is 0 Å². The summed E-state index contributed by atoms with van der Waals surface area (Å²) in [5.74, 6) is 0.262. The van der Waals surface area contributed by atoms with Gasteiger partial charge in [0.15, 0.2) is 0 Å². The summed E-state index contributed by atoms with van der Waals surface area (Å²) < 4.78 is 38.3. The summed E-state index contributed by atoms with van der Waals surface area (Å²) in [4.78, 5) is 13.7. The fourth-order valence-corrected chi connectivity index (χ4v) is 4.23. The molecule has 1 unspecified atom stereocenters. The predicted octanol–water partition coefficient (Wildman–Crippen LogP) is 2.62. The van der Waals surface area contributed by atoms with E-state index in [2.05, 4.69) is 4.72 Å². The first-order valence-corrected chi connectivity index (χ1v) is 9.97. The van der Waals surface area contributed by atoms with Crippen LogP contribution in [0.5, 0.6) is 5.75 Å². The zero-order valence-corrected chi connectivity index (χ0v) is 16.2. The van der Waals surface area contributed by atoms with Crippen molar-refractivity contribution >= 4 is 21.8 Å². The van der Waals surface area contributed by atoms with Crippen molar-refractivity contribution in [2.75, 3.05) is 25.1 Å². The molecule has 7 nitrogen and oxygen atoms in total. The van der Waals surface area contributed by atoms with Crippen LogP contribution in [-0.2, 0) is 14.8 Å². The molecule has 0 spiro atoms. The van der Waals surface area contributed by atoms with Crippen molar-refractivity contribution in [3.8, 4) is 5.75 Å². The fraction of sp³-hybridized carbons (Fsp3) is 0.316. The van der Waals surface area contributed by atoms with Crippen molar-refractivity contribution < 1.29 is 22.7 Å². The van der Waals surface area contributed by atoms with Crippen LogP contribution in [0.1, 0.15) is 11.1 Å². The van der Waals surface area contributed by atoms with Gasteiger partial charge in [-0.05, 0) is 49.2 Å². The average molecular weight is 390 g/mol. The second kappa shape index (κ2) is 7.58. The summed E-state index contributed by atoms with van der Waals surface area (Å²) >= 11 is 0. The van der Waals surface area contributed by atoms with Gasteiger partial charge >= 0.3 is 6.09 Å². The minimum atomic E-state index is -3.80. The molecular formula is C19H22N2O5S. The lowest BCUT2D eigenvalue weighted by molar-refractivity contribution is 0.143. The summed E-state index contributed by atoms with van der Waals surface area (Å²) in [6.45, 7) is 3.99. The molecule has 1 saturated heterocycles. The van der Waals surface area contributed by atoms with Crippen molar-refractivity contribution in [3.63, 3.8) is 0 Å². The van der Waals surface area contributed by atoms with E-state index in [1.165, 1.54) is 12.0 Å². The molecule has 1 heterocycles. The first kappa shape index (κ1) is 19.2. The monoisotopic (exact) mass is 390 g/mol. The molecule has 1 N–H and O–H groups in total.